The summed E-state index contributed by atoms with van der Waals surface area (Å²) in [6.07, 6.45) is 1.75. The average Bonchev–Trinajstić information content (AvgIpc) is 2.39. The van der Waals surface area contributed by atoms with Crippen LogP contribution in [0.25, 0.3) is 0 Å². The van der Waals surface area contributed by atoms with Crippen LogP contribution in [-0.4, -0.2) is 24.4 Å². The molecule has 2 atom stereocenters. The minimum Gasteiger partial charge on any atom is -0.469 e. The first-order valence-electron chi connectivity index (χ1n) is 5.53. The predicted octanol–water partition coefficient (Wildman–Crippen LogP) is 2.64. The lowest BCUT2D eigenvalue weighted by Gasteiger charge is -2.19. The van der Waals surface area contributed by atoms with Crippen LogP contribution >= 0.6 is 11.8 Å². The van der Waals surface area contributed by atoms with Gasteiger partial charge in [0.1, 0.15) is 0 Å². The van der Waals surface area contributed by atoms with E-state index < -0.39 is 12.0 Å². The SMILES string of the molecule is CCC(C(=O)OC)C(O)c1ccc(SC)cc1. The van der Waals surface area contributed by atoms with Gasteiger partial charge in [0.2, 0.25) is 0 Å². The molecule has 0 bridgehead atoms. The Morgan fingerprint density at radius 1 is 1.41 bits per heavy atom. The number of thioether (sulfide) groups is 1. The van der Waals surface area contributed by atoms with E-state index >= 15 is 0 Å². The fraction of sp³-hybridized carbons (Fsp3) is 0.462. The van der Waals surface area contributed by atoms with Crippen molar-refractivity contribution in [2.24, 2.45) is 5.92 Å². The highest BCUT2D eigenvalue weighted by Crippen LogP contribution is 2.27. The molecule has 0 aliphatic heterocycles. The van der Waals surface area contributed by atoms with E-state index in [2.05, 4.69) is 4.74 Å². The number of aliphatic hydroxyl groups excluding tert-OH is 1. The van der Waals surface area contributed by atoms with Gasteiger partial charge in [0, 0.05) is 4.90 Å². The van der Waals surface area contributed by atoms with Gasteiger partial charge >= 0.3 is 5.97 Å². The molecule has 4 heteroatoms. The number of ether oxygens (including phenoxy) is 1. The van der Waals surface area contributed by atoms with Crippen LogP contribution < -0.4 is 0 Å². The first-order chi connectivity index (χ1) is 8.13. The second kappa shape index (κ2) is 6.67. The Morgan fingerprint density at radius 3 is 2.41 bits per heavy atom. The summed E-state index contributed by atoms with van der Waals surface area (Å²) in [6.45, 7) is 1.86. The zero-order valence-electron chi connectivity index (χ0n) is 10.3. The largest absolute Gasteiger partial charge is 0.469 e. The fourth-order valence-corrected chi connectivity index (χ4v) is 2.11. The maximum Gasteiger partial charge on any atom is 0.311 e. The number of carbonyl (C=O) groups is 1. The first-order valence-corrected chi connectivity index (χ1v) is 6.76. The van der Waals surface area contributed by atoms with Gasteiger partial charge in [0.15, 0.2) is 0 Å². The number of methoxy groups -OCH3 is 1. The van der Waals surface area contributed by atoms with Crippen LogP contribution in [0.4, 0.5) is 0 Å². The van der Waals surface area contributed by atoms with Gasteiger partial charge in [-0.05, 0) is 30.4 Å². The zero-order chi connectivity index (χ0) is 12.8. The molecule has 0 amide bonds. The monoisotopic (exact) mass is 254 g/mol. The van der Waals surface area contributed by atoms with E-state index in [0.717, 1.165) is 10.5 Å². The van der Waals surface area contributed by atoms with Crippen LogP contribution in [0.5, 0.6) is 0 Å². The number of carbonyl (C=O) groups excluding carboxylic acids is 1. The number of benzene rings is 1. The van der Waals surface area contributed by atoms with Crippen molar-refractivity contribution in [3.63, 3.8) is 0 Å². The molecule has 1 N–H and O–H groups in total. The second-order valence-electron chi connectivity index (χ2n) is 3.76. The van der Waals surface area contributed by atoms with Gasteiger partial charge in [-0.2, -0.15) is 0 Å². The van der Waals surface area contributed by atoms with E-state index in [9.17, 15) is 9.90 Å². The third-order valence-corrected chi connectivity index (χ3v) is 3.53. The van der Waals surface area contributed by atoms with Crippen molar-refractivity contribution >= 4 is 17.7 Å². The van der Waals surface area contributed by atoms with Crippen molar-refractivity contribution in [3.8, 4) is 0 Å². The van der Waals surface area contributed by atoms with E-state index in [0.29, 0.717) is 6.42 Å². The van der Waals surface area contributed by atoms with E-state index in [1.807, 2.05) is 37.4 Å². The number of esters is 1. The lowest BCUT2D eigenvalue weighted by molar-refractivity contribution is -0.149. The molecule has 0 saturated heterocycles. The highest BCUT2D eigenvalue weighted by molar-refractivity contribution is 7.98. The Kier molecular flexibility index (Phi) is 5.51. The Bertz CT molecular complexity index is 361. The van der Waals surface area contributed by atoms with Crippen LogP contribution in [0.15, 0.2) is 29.2 Å². The van der Waals surface area contributed by atoms with Crippen LogP contribution in [0.1, 0.15) is 25.0 Å². The number of hydrogen-bond acceptors (Lipinski definition) is 4. The molecule has 0 spiro atoms. The number of aliphatic hydroxyl groups is 1. The third-order valence-electron chi connectivity index (χ3n) is 2.78. The average molecular weight is 254 g/mol. The van der Waals surface area contributed by atoms with Gasteiger partial charge in [-0.25, -0.2) is 0 Å². The van der Waals surface area contributed by atoms with E-state index in [1.165, 1.54) is 7.11 Å². The molecule has 0 aliphatic carbocycles. The summed E-state index contributed by atoms with van der Waals surface area (Å²) in [5, 5.41) is 10.1. The Balaban J connectivity index is 2.85. The summed E-state index contributed by atoms with van der Waals surface area (Å²) in [5.41, 5.74) is 0.750. The summed E-state index contributed by atoms with van der Waals surface area (Å²) < 4.78 is 4.69. The van der Waals surface area contributed by atoms with Crippen molar-refractivity contribution in [2.75, 3.05) is 13.4 Å². The quantitative estimate of drug-likeness (QED) is 0.648. The van der Waals surface area contributed by atoms with E-state index in [-0.39, 0.29) is 5.97 Å². The molecular weight excluding hydrogens is 236 g/mol. The van der Waals surface area contributed by atoms with Gasteiger partial charge in [-0.15, -0.1) is 11.8 Å². The van der Waals surface area contributed by atoms with Crippen molar-refractivity contribution in [3.05, 3.63) is 29.8 Å². The van der Waals surface area contributed by atoms with Crippen LogP contribution in [0, 0.1) is 5.92 Å². The molecule has 0 aliphatic rings. The van der Waals surface area contributed by atoms with Crippen LogP contribution in [0.2, 0.25) is 0 Å². The standard InChI is InChI=1S/C13H18O3S/c1-4-11(13(15)16-2)12(14)9-5-7-10(17-3)8-6-9/h5-8,11-12,14H,4H2,1-3H3. The fourth-order valence-electron chi connectivity index (χ4n) is 1.70. The molecule has 94 valence electrons. The first kappa shape index (κ1) is 14.1. The van der Waals surface area contributed by atoms with Crippen molar-refractivity contribution in [1.82, 2.24) is 0 Å². The van der Waals surface area contributed by atoms with Gasteiger partial charge < -0.3 is 9.84 Å². The summed E-state index contributed by atoms with van der Waals surface area (Å²) in [4.78, 5) is 12.6. The minimum absolute atomic E-state index is 0.367. The van der Waals surface area contributed by atoms with Crippen LogP contribution in [0.3, 0.4) is 0 Å². The molecule has 0 radical (unpaired) electrons. The highest BCUT2D eigenvalue weighted by atomic mass is 32.2. The maximum absolute atomic E-state index is 11.5. The summed E-state index contributed by atoms with van der Waals surface area (Å²) in [6, 6.07) is 7.57. The van der Waals surface area contributed by atoms with E-state index in [4.69, 9.17) is 0 Å². The van der Waals surface area contributed by atoms with Crippen LogP contribution in [-0.2, 0) is 9.53 Å². The number of hydrogen-bond donors (Lipinski definition) is 1. The Hall–Kier alpha value is -1.00. The summed E-state index contributed by atoms with van der Waals surface area (Å²) >= 11 is 1.64. The lowest BCUT2D eigenvalue weighted by atomic mass is 9.93. The topological polar surface area (TPSA) is 46.5 Å². The maximum atomic E-state index is 11.5. The molecule has 0 aromatic heterocycles. The zero-order valence-corrected chi connectivity index (χ0v) is 11.2. The smallest absolute Gasteiger partial charge is 0.311 e. The highest BCUT2D eigenvalue weighted by Gasteiger charge is 2.26. The van der Waals surface area contributed by atoms with Crippen molar-refractivity contribution in [2.45, 2.75) is 24.3 Å². The molecule has 17 heavy (non-hydrogen) atoms. The molecule has 0 saturated carbocycles. The number of rotatable bonds is 5. The van der Waals surface area contributed by atoms with Gasteiger partial charge in [0.25, 0.3) is 0 Å². The minimum atomic E-state index is -0.802. The Labute approximate surface area is 106 Å². The molecule has 2 unspecified atom stereocenters. The molecular formula is C13H18O3S. The normalized spacial score (nSPS) is 14.1. The Morgan fingerprint density at radius 2 is 2.00 bits per heavy atom. The second-order valence-corrected chi connectivity index (χ2v) is 4.64. The molecule has 0 heterocycles. The van der Waals surface area contributed by atoms with Gasteiger partial charge in [-0.1, -0.05) is 19.1 Å². The lowest BCUT2D eigenvalue weighted by Crippen LogP contribution is -2.22. The van der Waals surface area contributed by atoms with Crippen molar-refractivity contribution < 1.29 is 14.6 Å². The molecule has 1 aromatic rings. The summed E-state index contributed by atoms with van der Waals surface area (Å²) in [5.74, 6) is -0.867. The van der Waals surface area contributed by atoms with Gasteiger partial charge in [0.05, 0.1) is 19.1 Å². The molecule has 0 fully saturated rings. The van der Waals surface area contributed by atoms with Gasteiger partial charge in [-0.3, -0.25) is 4.79 Å². The van der Waals surface area contributed by atoms with E-state index in [1.54, 1.807) is 11.8 Å². The predicted molar refractivity (Wildman–Crippen MR) is 69.0 cm³/mol. The third kappa shape index (κ3) is 3.48. The molecule has 1 aromatic carbocycles. The molecule has 3 nitrogen and oxygen atoms in total. The van der Waals surface area contributed by atoms with Crippen molar-refractivity contribution in [1.29, 1.82) is 0 Å². The molecule has 1 rings (SSSR count). The summed E-state index contributed by atoms with van der Waals surface area (Å²) in [7, 11) is 1.34.